The number of nitrogens with one attached hydrogen (secondary N) is 1. The van der Waals surface area contributed by atoms with E-state index in [2.05, 4.69) is 10.3 Å². The first kappa shape index (κ1) is 21.9. The van der Waals surface area contributed by atoms with Crippen molar-refractivity contribution in [2.24, 2.45) is 0 Å². The van der Waals surface area contributed by atoms with E-state index in [0.717, 1.165) is 0 Å². The minimum absolute atomic E-state index is 0.157. The van der Waals surface area contributed by atoms with Gasteiger partial charge in [-0.25, -0.2) is 13.4 Å². The molecule has 4 aromatic rings. The highest BCUT2D eigenvalue weighted by molar-refractivity contribution is 7.90. The van der Waals surface area contributed by atoms with Crippen LogP contribution in [0.5, 0.6) is 5.75 Å². The summed E-state index contributed by atoms with van der Waals surface area (Å²) in [4.78, 5) is 17.2. The molecule has 0 aliphatic heterocycles. The van der Waals surface area contributed by atoms with Crippen LogP contribution in [-0.4, -0.2) is 31.0 Å². The highest BCUT2D eigenvalue weighted by Crippen LogP contribution is 2.28. The van der Waals surface area contributed by atoms with Crippen molar-refractivity contribution in [3.63, 3.8) is 0 Å². The minimum atomic E-state index is -3.82. The standard InChI is InChI=1S/C23H20ClN3O4S/c1-31-21-12-11-17(24)13-19(21)25-22(28)14-27-20-10-6-5-9-18(20)26-23(27)32(29,30)15-16-7-3-2-4-8-16/h2-13H,14-15H2,1H3,(H,25,28). The van der Waals surface area contributed by atoms with Crippen LogP contribution in [0.3, 0.4) is 0 Å². The van der Waals surface area contributed by atoms with E-state index in [1.807, 2.05) is 6.07 Å². The van der Waals surface area contributed by atoms with Crippen molar-refractivity contribution in [2.45, 2.75) is 17.5 Å². The molecule has 0 bridgehead atoms. The van der Waals surface area contributed by atoms with E-state index < -0.39 is 15.7 Å². The van der Waals surface area contributed by atoms with Gasteiger partial charge in [0.1, 0.15) is 12.3 Å². The van der Waals surface area contributed by atoms with Gasteiger partial charge < -0.3 is 14.6 Å². The van der Waals surface area contributed by atoms with Crippen molar-refractivity contribution < 1.29 is 17.9 Å². The molecule has 1 amide bonds. The molecule has 0 aliphatic carbocycles. The highest BCUT2D eigenvalue weighted by Gasteiger charge is 2.25. The fourth-order valence-corrected chi connectivity index (χ4v) is 5.08. The molecule has 0 saturated heterocycles. The smallest absolute Gasteiger partial charge is 0.244 e. The number of sulfone groups is 1. The second kappa shape index (κ2) is 9.02. The summed E-state index contributed by atoms with van der Waals surface area (Å²) in [6.07, 6.45) is 0. The molecular weight excluding hydrogens is 450 g/mol. The molecule has 0 unspecified atom stereocenters. The second-order valence-corrected chi connectivity index (χ2v) is 9.43. The summed E-state index contributed by atoms with van der Waals surface area (Å²) < 4.78 is 33.1. The molecule has 7 nitrogen and oxygen atoms in total. The quantitative estimate of drug-likeness (QED) is 0.435. The maximum Gasteiger partial charge on any atom is 0.244 e. The van der Waals surface area contributed by atoms with Gasteiger partial charge in [0, 0.05) is 5.02 Å². The number of hydrogen-bond donors (Lipinski definition) is 1. The fraction of sp³-hybridized carbons (Fsp3) is 0.130. The van der Waals surface area contributed by atoms with Gasteiger partial charge in [0.15, 0.2) is 0 Å². The number of aromatic nitrogens is 2. The van der Waals surface area contributed by atoms with Crippen LogP contribution in [0.4, 0.5) is 5.69 Å². The van der Waals surface area contributed by atoms with Gasteiger partial charge in [0.25, 0.3) is 0 Å². The Bertz CT molecular complexity index is 1390. The molecular formula is C23H20ClN3O4S. The zero-order valence-electron chi connectivity index (χ0n) is 17.2. The molecule has 0 fully saturated rings. The van der Waals surface area contributed by atoms with Gasteiger partial charge in [0.2, 0.25) is 20.9 Å². The van der Waals surface area contributed by atoms with Gasteiger partial charge in [-0.2, -0.15) is 0 Å². The summed E-state index contributed by atoms with van der Waals surface area (Å²) in [5.74, 6) is -0.221. The number of carbonyl (C=O) groups is 1. The Labute approximate surface area is 190 Å². The third kappa shape index (κ3) is 4.61. The fourth-order valence-electron chi connectivity index (χ4n) is 3.41. The van der Waals surface area contributed by atoms with Gasteiger partial charge >= 0.3 is 0 Å². The third-order valence-electron chi connectivity index (χ3n) is 4.83. The van der Waals surface area contributed by atoms with Gasteiger partial charge in [-0.3, -0.25) is 4.79 Å². The van der Waals surface area contributed by atoms with E-state index in [-0.39, 0.29) is 17.5 Å². The Morgan fingerprint density at radius 1 is 1.06 bits per heavy atom. The monoisotopic (exact) mass is 469 g/mol. The predicted molar refractivity (Wildman–Crippen MR) is 124 cm³/mol. The molecule has 9 heteroatoms. The number of fused-ring (bicyclic) bond motifs is 1. The van der Waals surface area contributed by atoms with Gasteiger partial charge in [-0.05, 0) is 35.9 Å². The van der Waals surface area contributed by atoms with Crippen molar-refractivity contribution in [1.29, 1.82) is 0 Å². The van der Waals surface area contributed by atoms with Crippen LogP contribution in [0, 0.1) is 0 Å². The number of halogens is 1. The van der Waals surface area contributed by atoms with Crippen molar-refractivity contribution in [1.82, 2.24) is 9.55 Å². The summed E-state index contributed by atoms with van der Waals surface area (Å²) in [7, 11) is -2.34. The molecule has 164 valence electrons. The van der Waals surface area contributed by atoms with Crippen LogP contribution >= 0.6 is 11.6 Å². The predicted octanol–water partition coefficient (Wildman–Crippen LogP) is 4.31. The molecule has 4 rings (SSSR count). The van der Waals surface area contributed by atoms with Crippen LogP contribution in [0.15, 0.2) is 78.0 Å². The lowest BCUT2D eigenvalue weighted by molar-refractivity contribution is -0.116. The molecule has 3 aromatic carbocycles. The normalized spacial score (nSPS) is 11.4. The zero-order chi connectivity index (χ0) is 22.7. The topological polar surface area (TPSA) is 90.3 Å². The van der Waals surface area contributed by atoms with Crippen molar-refractivity contribution in [3.05, 3.63) is 83.4 Å². The number of para-hydroxylation sites is 2. The number of hydrogen-bond acceptors (Lipinski definition) is 5. The van der Waals surface area contributed by atoms with Gasteiger partial charge in [0.05, 0.1) is 29.6 Å². The number of ether oxygens (including phenoxy) is 1. The first-order chi connectivity index (χ1) is 15.4. The maximum atomic E-state index is 13.2. The van der Waals surface area contributed by atoms with Crippen molar-refractivity contribution >= 4 is 44.1 Å². The number of nitrogens with zero attached hydrogens (tertiary/aromatic N) is 2. The van der Waals surface area contributed by atoms with Crippen LogP contribution in [0.2, 0.25) is 5.02 Å². The number of carbonyl (C=O) groups excluding carboxylic acids is 1. The molecule has 1 aromatic heterocycles. The summed E-state index contributed by atoms with van der Waals surface area (Å²) in [5, 5.41) is 3.02. The number of anilines is 1. The Hall–Kier alpha value is -3.36. The Balaban J connectivity index is 1.69. The molecule has 0 aliphatic rings. The minimum Gasteiger partial charge on any atom is -0.495 e. The largest absolute Gasteiger partial charge is 0.495 e. The SMILES string of the molecule is COc1ccc(Cl)cc1NC(=O)Cn1c(S(=O)(=O)Cc2ccccc2)nc2ccccc21. The van der Waals surface area contributed by atoms with Crippen LogP contribution < -0.4 is 10.1 Å². The summed E-state index contributed by atoms with van der Waals surface area (Å²) >= 11 is 6.04. The molecule has 1 heterocycles. The van der Waals surface area contributed by atoms with Crippen LogP contribution in [-0.2, 0) is 26.9 Å². The Kier molecular flexibility index (Phi) is 6.16. The van der Waals surface area contributed by atoms with E-state index in [4.69, 9.17) is 16.3 Å². The van der Waals surface area contributed by atoms with Crippen LogP contribution in [0.25, 0.3) is 11.0 Å². The first-order valence-corrected chi connectivity index (χ1v) is 11.8. The Morgan fingerprint density at radius 3 is 2.53 bits per heavy atom. The van der Waals surface area contributed by atoms with Crippen LogP contribution in [0.1, 0.15) is 5.56 Å². The highest BCUT2D eigenvalue weighted by atomic mass is 35.5. The van der Waals surface area contributed by atoms with E-state index in [1.165, 1.54) is 11.7 Å². The molecule has 0 radical (unpaired) electrons. The average molecular weight is 470 g/mol. The molecule has 0 spiro atoms. The number of rotatable bonds is 7. The number of benzene rings is 3. The lowest BCUT2D eigenvalue weighted by Gasteiger charge is -2.13. The molecule has 0 saturated carbocycles. The second-order valence-electron chi connectivity index (χ2n) is 7.11. The van der Waals surface area contributed by atoms with E-state index in [0.29, 0.717) is 33.1 Å². The van der Waals surface area contributed by atoms with Crippen molar-refractivity contribution in [2.75, 3.05) is 12.4 Å². The summed E-state index contributed by atoms with van der Waals surface area (Å²) in [6.45, 7) is -0.250. The number of imidazole rings is 1. The molecule has 1 N–H and O–H groups in total. The lowest BCUT2D eigenvalue weighted by Crippen LogP contribution is -2.22. The molecule has 32 heavy (non-hydrogen) atoms. The number of methoxy groups -OCH3 is 1. The third-order valence-corrected chi connectivity index (χ3v) is 6.65. The lowest BCUT2D eigenvalue weighted by atomic mass is 10.2. The van der Waals surface area contributed by atoms with E-state index >= 15 is 0 Å². The summed E-state index contributed by atoms with van der Waals surface area (Å²) in [5.41, 5.74) is 2.07. The van der Waals surface area contributed by atoms with Gasteiger partial charge in [-0.15, -0.1) is 0 Å². The van der Waals surface area contributed by atoms with E-state index in [1.54, 1.807) is 66.7 Å². The number of amides is 1. The first-order valence-electron chi connectivity index (χ1n) is 9.73. The van der Waals surface area contributed by atoms with E-state index in [9.17, 15) is 13.2 Å². The maximum absolute atomic E-state index is 13.2. The van der Waals surface area contributed by atoms with Crippen molar-refractivity contribution in [3.8, 4) is 5.75 Å². The zero-order valence-corrected chi connectivity index (χ0v) is 18.7. The van der Waals surface area contributed by atoms with Gasteiger partial charge in [-0.1, -0.05) is 54.1 Å². The Morgan fingerprint density at radius 2 is 1.78 bits per heavy atom. The summed E-state index contributed by atoms with van der Waals surface area (Å²) in [6, 6.07) is 20.7. The molecule has 0 atom stereocenters. The average Bonchev–Trinajstić information content (AvgIpc) is 3.14.